The van der Waals surface area contributed by atoms with Crippen LogP contribution in [-0.4, -0.2) is 52.0 Å². The number of benzene rings is 3. The van der Waals surface area contributed by atoms with E-state index in [1.807, 2.05) is 54.6 Å². The Hall–Kier alpha value is -4.31. The predicted molar refractivity (Wildman–Crippen MR) is 151 cm³/mol. The second-order valence-electron chi connectivity index (χ2n) is 9.02. The molecule has 10 heteroatoms. The van der Waals surface area contributed by atoms with Crippen molar-refractivity contribution < 1.29 is 18.8 Å². The molecule has 2 aliphatic heterocycles. The molecule has 2 heterocycles. The Bertz CT molecular complexity index is 1440. The first-order chi connectivity index (χ1) is 19.0. The largest absolute Gasteiger partial charge is 0.356 e. The van der Waals surface area contributed by atoms with Crippen LogP contribution in [0.5, 0.6) is 0 Å². The number of fused-ring (bicyclic) bond motifs is 3. The lowest BCUT2D eigenvalue weighted by atomic mass is 10.1. The highest BCUT2D eigenvalue weighted by molar-refractivity contribution is 8.14. The molecule has 0 unspecified atom stereocenters. The Balaban J connectivity index is 1.21. The molecule has 1 atom stereocenters. The van der Waals surface area contributed by atoms with Crippen LogP contribution >= 0.6 is 11.8 Å². The van der Waals surface area contributed by atoms with Crippen molar-refractivity contribution in [2.24, 2.45) is 9.98 Å². The summed E-state index contributed by atoms with van der Waals surface area (Å²) in [4.78, 5) is 49.1. The van der Waals surface area contributed by atoms with Crippen molar-refractivity contribution in [3.63, 3.8) is 0 Å². The zero-order valence-electron chi connectivity index (χ0n) is 21.0. The van der Waals surface area contributed by atoms with Gasteiger partial charge in [0.05, 0.1) is 11.4 Å². The van der Waals surface area contributed by atoms with Gasteiger partial charge in [-0.15, -0.1) is 0 Å². The number of halogens is 1. The monoisotopic (exact) mass is 543 g/mol. The van der Waals surface area contributed by atoms with E-state index >= 15 is 0 Å². The summed E-state index contributed by atoms with van der Waals surface area (Å²) in [5, 5.41) is 5.96. The first-order valence-corrected chi connectivity index (χ1v) is 13.6. The van der Waals surface area contributed by atoms with Crippen molar-refractivity contribution >= 4 is 51.9 Å². The van der Waals surface area contributed by atoms with Gasteiger partial charge in [-0.2, -0.15) is 0 Å². The highest BCUT2D eigenvalue weighted by Gasteiger charge is 2.41. The van der Waals surface area contributed by atoms with Crippen LogP contribution in [0.2, 0.25) is 0 Å². The van der Waals surface area contributed by atoms with E-state index in [0.29, 0.717) is 28.9 Å². The number of hydrogen-bond acceptors (Lipinski definition) is 6. The van der Waals surface area contributed by atoms with Crippen molar-refractivity contribution in [3.8, 4) is 0 Å². The van der Waals surface area contributed by atoms with Gasteiger partial charge in [-0.05, 0) is 54.8 Å². The van der Waals surface area contributed by atoms with Crippen LogP contribution in [0.15, 0.2) is 88.8 Å². The SMILES string of the molecule is O=C(CC[C@H]1N=C2c3ccccc3N=C(SCC(=O)Nc3ccc(F)cc3)N2C1=O)NCCc1ccccc1. The first-order valence-electron chi connectivity index (χ1n) is 12.6. The minimum atomic E-state index is -0.718. The third kappa shape index (κ3) is 6.40. The Morgan fingerprint density at radius 3 is 2.49 bits per heavy atom. The standard InChI is InChI=1S/C29H26FN5O3S/c30-20-10-12-21(13-11-20)32-26(37)18-39-29-34-23-9-5-4-8-22(23)27-33-24(28(38)35(27)29)14-15-25(36)31-17-16-19-6-2-1-3-7-19/h1-13,24H,14-18H2,(H,31,36)(H,32,37)/t24-/m1/s1. The number of aliphatic imine (C=N–C) groups is 2. The quantitative estimate of drug-likeness (QED) is 0.420. The summed E-state index contributed by atoms with van der Waals surface area (Å²) in [6.45, 7) is 0.517. The highest BCUT2D eigenvalue weighted by atomic mass is 32.2. The lowest BCUT2D eigenvalue weighted by Crippen LogP contribution is -2.41. The molecule has 0 radical (unpaired) electrons. The number of thioether (sulfide) groups is 1. The molecule has 2 N–H and O–H groups in total. The van der Waals surface area contributed by atoms with Crippen LogP contribution in [0.25, 0.3) is 0 Å². The average molecular weight is 544 g/mol. The van der Waals surface area contributed by atoms with Crippen LogP contribution in [0, 0.1) is 5.82 Å². The molecule has 2 aliphatic rings. The van der Waals surface area contributed by atoms with Crippen molar-refractivity contribution in [2.75, 3.05) is 17.6 Å². The van der Waals surface area contributed by atoms with Crippen LogP contribution < -0.4 is 10.6 Å². The third-order valence-electron chi connectivity index (χ3n) is 6.23. The van der Waals surface area contributed by atoms with Crippen LogP contribution in [0.1, 0.15) is 24.0 Å². The molecule has 0 aromatic heterocycles. The summed E-state index contributed by atoms with van der Waals surface area (Å²) >= 11 is 1.12. The molecule has 0 saturated heterocycles. The van der Waals surface area contributed by atoms with Crippen LogP contribution in [0.4, 0.5) is 15.8 Å². The summed E-state index contributed by atoms with van der Waals surface area (Å²) in [5.41, 5.74) is 2.99. The van der Waals surface area contributed by atoms with Gasteiger partial charge in [-0.25, -0.2) is 14.3 Å². The van der Waals surface area contributed by atoms with E-state index in [1.165, 1.54) is 29.2 Å². The summed E-state index contributed by atoms with van der Waals surface area (Å²) in [5.74, 6) is -0.657. The molecule has 198 valence electrons. The maximum Gasteiger partial charge on any atom is 0.259 e. The van der Waals surface area contributed by atoms with Gasteiger partial charge in [0.15, 0.2) is 5.17 Å². The number of nitrogens with one attached hydrogen (secondary N) is 2. The number of hydrogen-bond donors (Lipinski definition) is 2. The second-order valence-corrected chi connectivity index (χ2v) is 9.96. The number of rotatable bonds is 9. The van der Waals surface area contributed by atoms with Gasteiger partial charge < -0.3 is 10.6 Å². The summed E-state index contributed by atoms with van der Waals surface area (Å²) in [7, 11) is 0. The minimum absolute atomic E-state index is 0.01000. The number of anilines is 1. The number of nitrogens with zero attached hydrogens (tertiary/aromatic N) is 3. The van der Waals surface area contributed by atoms with Gasteiger partial charge >= 0.3 is 0 Å². The van der Waals surface area contributed by atoms with Gasteiger partial charge in [-0.3, -0.25) is 19.4 Å². The Morgan fingerprint density at radius 2 is 1.69 bits per heavy atom. The van der Waals surface area contributed by atoms with Gasteiger partial charge in [0, 0.05) is 24.2 Å². The molecule has 0 saturated carbocycles. The highest BCUT2D eigenvalue weighted by Crippen LogP contribution is 2.34. The molecule has 0 aliphatic carbocycles. The number of carbonyl (C=O) groups is 3. The minimum Gasteiger partial charge on any atom is -0.356 e. The average Bonchev–Trinajstić information content (AvgIpc) is 3.29. The van der Waals surface area contributed by atoms with Crippen molar-refractivity contribution in [2.45, 2.75) is 25.3 Å². The van der Waals surface area contributed by atoms with Crippen LogP contribution in [-0.2, 0) is 20.8 Å². The molecular weight excluding hydrogens is 517 g/mol. The Kier molecular flexibility index (Phi) is 8.12. The molecule has 8 nitrogen and oxygen atoms in total. The van der Waals surface area contributed by atoms with Gasteiger partial charge in [0.2, 0.25) is 11.8 Å². The molecule has 0 fully saturated rings. The summed E-state index contributed by atoms with van der Waals surface area (Å²) < 4.78 is 13.1. The number of amidine groups is 2. The number of carbonyl (C=O) groups excluding carboxylic acids is 3. The topological polar surface area (TPSA) is 103 Å². The smallest absolute Gasteiger partial charge is 0.259 e. The molecule has 0 bridgehead atoms. The second kappa shape index (κ2) is 12.0. The van der Waals surface area contributed by atoms with Gasteiger partial charge in [0.1, 0.15) is 17.7 Å². The fraction of sp³-hybridized carbons (Fsp3) is 0.207. The molecule has 3 aromatic carbocycles. The zero-order valence-corrected chi connectivity index (χ0v) is 21.8. The summed E-state index contributed by atoms with van der Waals surface area (Å²) in [6, 6.07) is 22.0. The molecular formula is C29H26FN5O3S. The van der Waals surface area contributed by atoms with Crippen LogP contribution in [0.3, 0.4) is 0 Å². The fourth-order valence-electron chi connectivity index (χ4n) is 4.29. The van der Waals surface area contributed by atoms with E-state index in [4.69, 9.17) is 0 Å². The molecule has 5 rings (SSSR count). The van der Waals surface area contributed by atoms with E-state index in [0.717, 1.165) is 29.3 Å². The molecule has 39 heavy (non-hydrogen) atoms. The predicted octanol–water partition coefficient (Wildman–Crippen LogP) is 4.30. The van der Waals surface area contributed by atoms with Crippen molar-refractivity contribution in [1.29, 1.82) is 0 Å². The fourth-order valence-corrected chi connectivity index (χ4v) is 5.10. The lowest BCUT2D eigenvalue weighted by Gasteiger charge is -2.25. The van der Waals surface area contributed by atoms with E-state index in [2.05, 4.69) is 20.6 Å². The Labute approximate surface area is 229 Å². The van der Waals surface area contributed by atoms with E-state index in [1.54, 1.807) is 0 Å². The number of para-hydroxylation sites is 1. The first kappa shape index (κ1) is 26.3. The van der Waals surface area contributed by atoms with E-state index < -0.39 is 11.9 Å². The van der Waals surface area contributed by atoms with E-state index in [-0.39, 0.29) is 36.3 Å². The lowest BCUT2D eigenvalue weighted by molar-refractivity contribution is -0.125. The van der Waals surface area contributed by atoms with Gasteiger partial charge in [0.25, 0.3) is 5.91 Å². The van der Waals surface area contributed by atoms with E-state index in [9.17, 15) is 18.8 Å². The summed E-state index contributed by atoms with van der Waals surface area (Å²) in [6.07, 6.45) is 1.16. The normalized spacial score (nSPS) is 15.7. The zero-order chi connectivity index (χ0) is 27.2. The maximum absolute atomic E-state index is 13.4. The maximum atomic E-state index is 13.4. The molecule has 3 amide bonds. The molecule has 3 aromatic rings. The Morgan fingerprint density at radius 1 is 0.949 bits per heavy atom. The number of amides is 3. The van der Waals surface area contributed by atoms with Crippen molar-refractivity contribution in [3.05, 3.63) is 95.8 Å². The van der Waals surface area contributed by atoms with Gasteiger partial charge in [-0.1, -0.05) is 54.2 Å². The molecule has 0 spiro atoms. The van der Waals surface area contributed by atoms with Crippen molar-refractivity contribution in [1.82, 2.24) is 10.2 Å². The third-order valence-corrected chi connectivity index (χ3v) is 7.17.